The van der Waals surface area contributed by atoms with Crippen LogP contribution in [0.3, 0.4) is 0 Å². The van der Waals surface area contributed by atoms with E-state index in [1.54, 1.807) is 0 Å². The van der Waals surface area contributed by atoms with Gasteiger partial charge in [-0.25, -0.2) is 0 Å². The first-order chi connectivity index (χ1) is 10.3. The number of aryl methyl sites for hydroxylation is 2. The molecule has 118 valence electrons. The zero-order chi connectivity index (χ0) is 16.3. The van der Waals surface area contributed by atoms with Crippen LogP contribution in [0, 0.1) is 19.3 Å². The van der Waals surface area contributed by atoms with E-state index < -0.39 is 0 Å². The normalized spacial score (nSPS) is 14.6. The van der Waals surface area contributed by atoms with Crippen molar-refractivity contribution in [3.63, 3.8) is 0 Å². The van der Waals surface area contributed by atoms with Gasteiger partial charge in [0.15, 0.2) is 0 Å². The van der Waals surface area contributed by atoms with Crippen LogP contribution >= 0.6 is 0 Å². The van der Waals surface area contributed by atoms with Crippen molar-refractivity contribution in [3.8, 4) is 0 Å². The Morgan fingerprint density at radius 2 is 1.45 bits per heavy atom. The Hall–Kier alpha value is -1.56. The van der Waals surface area contributed by atoms with Crippen molar-refractivity contribution < 1.29 is 0 Å². The maximum absolute atomic E-state index is 2.40. The van der Waals surface area contributed by atoms with E-state index in [2.05, 4.69) is 90.1 Å². The highest BCUT2D eigenvalue weighted by molar-refractivity contribution is 5.36. The van der Waals surface area contributed by atoms with Crippen LogP contribution in [0.5, 0.6) is 0 Å². The first-order valence-corrected chi connectivity index (χ1v) is 8.46. The van der Waals surface area contributed by atoms with Crippen LogP contribution in [0.2, 0.25) is 0 Å². The van der Waals surface area contributed by atoms with Crippen LogP contribution in [-0.2, 0) is 0 Å². The van der Waals surface area contributed by atoms with Gasteiger partial charge in [-0.15, -0.1) is 0 Å². The summed E-state index contributed by atoms with van der Waals surface area (Å²) in [7, 11) is 0. The largest absolute Gasteiger partial charge is 0.0648 e. The fourth-order valence-corrected chi connectivity index (χ4v) is 3.66. The lowest BCUT2D eigenvalue weighted by atomic mass is 9.66. The minimum atomic E-state index is 0.234. The second-order valence-corrected chi connectivity index (χ2v) is 7.61. The molecule has 2 rings (SSSR count). The quantitative estimate of drug-likeness (QED) is 0.594. The number of rotatable bonds is 4. The molecule has 0 N–H and O–H groups in total. The maximum atomic E-state index is 2.40. The summed E-state index contributed by atoms with van der Waals surface area (Å²) in [6.07, 6.45) is 1.17. The van der Waals surface area contributed by atoms with E-state index in [0.717, 1.165) is 0 Å². The van der Waals surface area contributed by atoms with Gasteiger partial charge in [0.1, 0.15) is 0 Å². The van der Waals surface area contributed by atoms with E-state index in [-0.39, 0.29) is 5.41 Å². The summed E-state index contributed by atoms with van der Waals surface area (Å²) in [5.74, 6) is 1.09. The summed E-state index contributed by atoms with van der Waals surface area (Å²) in [4.78, 5) is 0. The van der Waals surface area contributed by atoms with E-state index in [9.17, 15) is 0 Å². The van der Waals surface area contributed by atoms with Crippen LogP contribution in [-0.4, -0.2) is 0 Å². The summed E-state index contributed by atoms with van der Waals surface area (Å²) < 4.78 is 0. The van der Waals surface area contributed by atoms with Crippen molar-refractivity contribution >= 4 is 0 Å². The van der Waals surface area contributed by atoms with Crippen molar-refractivity contribution in [2.24, 2.45) is 5.41 Å². The highest BCUT2D eigenvalue weighted by Crippen LogP contribution is 2.47. The predicted octanol–water partition coefficient (Wildman–Crippen LogP) is 6.63. The molecule has 0 aliphatic heterocycles. The second-order valence-electron chi connectivity index (χ2n) is 7.61. The van der Waals surface area contributed by atoms with E-state index in [1.807, 2.05) is 0 Å². The first-order valence-electron chi connectivity index (χ1n) is 8.46. The molecule has 0 amide bonds. The lowest BCUT2D eigenvalue weighted by Crippen LogP contribution is -2.25. The van der Waals surface area contributed by atoms with Gasteiger partial charge in [0.25, 0.3) is 0 Å². The summed E-state index contributed by atoms with van der Waals surface area (Å²) in [5, 5.41) is 0. The van der Waals surface area contributed by atoms with Crippen LogP contribution in [0.1, 0.15) is 68.2 Å². The highest BCUT2D eigenvalue weighted by atomic mass is 14.4. The molecule has 0 nitrogen and oxygen atoms in total. The van der Waals surface area contributed by atoms with Crippen molar-refractivity contribution in [2.45, 2.75) is 59.8 Å². The third-order valence-corrected chi connectivity index (χ3v) is 4.89. The molecule has 0 aromatic heterocycles. The van der Waals surface area contributed by atoms with Gasteiger partial charge in [0.05, 0.1) is 0 Å². The van der Waals surface area contributed by atoms with E-state index >= 15 is 0 Å². The van der Waals surface area contributed by atoms with Gasteiger partial charge < -0.3 is 0 Å². The zero-order valence-electron chi connectivity index (χ0n) is 15.0. The van der Waals surface area contributed by atoms with Gasteiger partial charge >= 0.3 is 0 Å². The molecular formula is C22H30. The minimum absolute atomic E-state index is 0.234. The highest BCUT2D eigenvalue weighted by Gasteiger charge is 2.33. The predicted molar refractivity (Wildman–Crippen MR) is 97.6 cm³/mol. The molecule has 0 aliphatic rings. The van der Waals surface area contributed by atoms with Gasteiger partial charge in [-0.1, -0.05) is 76.2 Å². The Balaban J connectivity index is 2.52. The molecule has 0 spiro atoms. The van der Waals surface area contributed by atoms with Crippen LogP contribution < -0.4 is 0 Å². The van der Waals surface area contributed by atoms with E-state index in [4.69, 9.17) is 0 Å². The molecule has 0 saturated heterocycles. The Bertz CT molecular complexity index is 602. The summed E-state index contributed by atoms with van der Waals surface area (Å²) in [6, 6.07) is 18.0. The Labute approximate surface area is 136 Å². The number of hydrogen-bond acceptors (Lipinski definition) is 0. The molecular weight excluding hydrogens is 264 g/mol. The smallest absolute Gasteiger partial charge is 0.00444 e. The second kappa shape index (κ2) is 6.69. The van der Waals surface area contributed by atoms with Crippen LogP contribution in [0.15, 0.2) is 48.5 Å². The van der Waals surface area contributed by atoms with Crippen molar-refractivity contribution in [1.82, 2.24) is 0 Å². The van der Waals surface area contributed by atoms with Crippen LogP contribution in [0.25, 0.3) is 0 Å². The third-order valence-electron chi connectivity index (χ3n) is 4.89. The zero-order valence-corrected chi connectivity index (χ0v) is 15.0. The van der Waals surface area contributed by atoms with Gasteiger partial charge in [-0.2, -0.15) is 0 Å². The Morgan fingerprint density at radius 3 is 1.95 bits per heavy atom. The summed E-state index contributed by atoms with van der Waals surface area (Å²) in [5.41, 5.74) is 5.95. The standard InChI is InChI=1S/C22H30/c1-7-20(18-11-9-8-10-12-18)21(22(4,5)6)19-14-13-16(2)17(3)15-19/h8-15,20-21H,7H2,1-6H3. The SMILES string of the molecule is CCC(c1ccccc1)C(c1ccc(C)c(C)c1)C(C)(C)C. The van der Waals surface area contributed by atoms with E-state index in [0.29, 0.717) is 11.8 Å². The fourth-order valence-electron chi connectivity index (χ4n) is 3.66. The van der Waals surface area contributed by atoms with Gasteiger partial charge in [-0.3, -0.25) is 0 Å². The Morgan fingerprint density at radius 1 is 0.818 bits per heavy atom. The lowest BCUT2D eigenvalue weighted by Gasteiger charge is -2.38. The molecule has 0 radical (unpaired) electrons. The fraction of sp³-hybridized carbons (Fsp3) is 0.455. The third kappa shape index (κ3) is 3.61. The summed E-state index contributed by atoms with van der Waals surface area (Å²) in [6.45, 7) is 13.9. The molecule has 2 aromatic rings. The molecule has 0 heterocycles. The van der Waals surface area contributed by atoms with Crippen molar-refractivity contribution in [1.29, 1.82) is 0 Å². The first kappa shape index (κ1) is 16.8. The summed E-state index contributed by atoms with van der Waals surface area (Å²) >= 11 is 0. The molecule has 2 unspecified atom stereocenters. The average Bonchev–Trinajstić information content (AvgIpc) is 2.47. The van der Waals surface area contributed by atoms with Crippen LogP contribution in [0.4, 0.5) is 0 Å². The lowest BCUT2D eigenvalue weighted by molar-refractivity contribution is 0.274. The molecule has 0 bridgehead atoms. The van der Waals surface area contributed by atoms with Crippen molar-refractivity contribution in [3.05, 3.63) is 70.8 Å². The average molecular weight is 294 g/mol. The molecule has 2 aromatic carbocycles. The van der Waals surface area contributed by atoms with Gasteiger partial charge in [0.2, 0.25) is 0 Å². The number of hydrogen-bond donors (Lipinski definition) is 0. The Kier molecular flexibility index (Phi) is 5.11. The van der Waals surface area contributed by atoms with Gasteiger partial charge in [-0.05, 0) is 59.8 Å². The van der Waals surface area contributed by atoms with E-state index in [1.165, 1.54) is 28.7 Å². The maximum Gasteiger partial charge on any atom is -0.00444 e. The minimum Gasteiger partial charge on any atom is -0.0648 e. The monoisotopic (exact) mass is 294 g/mol. The van der Waals surface area contributed by atoms with Gasteiger partial charge in [0, 0.05) is 0 Å². The molecule has 2 atom stereocenters. The topological polar surface area (TPSA) is 0 Å². The molecule has 0 fully saturated rings. The molecule has 0 heteroatoms. The molecule has 22 heavy (non-hydrogen) atoms. The molecule has 0 saturated carbocycles. The van der Waals surface area contributed by atoms with Crippen molar-refractivity contribution in [2.75, 3.05) is 0 Å². The number of benzene rings is 2. The molecule has 0 aliphatic carbocycles.